The van der Waals surface area contributed by atoms with Gasteiger partial charge < -0.3 is 4.90 Å². The molecule has 0 saturated heterocycles. The summed E-state index contributed by atoms with van der Waals surface area (Å²) < 4.78 is 0. The lowest BCUT2D eigenvalue weighted by Gasteiger charge is -2.39. The Morgan fingerprint density at radius 2 is 1.16 bits per heavy atom. The van der Waals surface area contributed by atoms with E-state index in [9.17, 15) is 0 Å². The third-order valence-electron chi connectivity index (χ3n) is 9.64. The quantitative estimate of drug-likeness (QED) is 0.242. The number of hydrogen-bond donors (Lipinski definition) is 0. The molecule has 0 radical (unpaired) electrons. The summed E-state index contributed by atoms with van der Waals surface area (Å²) in [6, 6.07) is 43.7. The number of nitrogens with zero attached hydrogens (tertiary/aromatic N) is 1. The molecule has 0 amide bonds. The largest absolute Gasteiger partial charge is 0.338 e. The van der Waals surface area contributed by atoms with Crippen molar-refractivity contribution < 1.29 is 0 Å². The molecule has 0 aromatic heterocycles. The molecule has 1 spiro atoms. The van der Waals surface area contributed by atoms with Crippen molar-refractivity contribution >= 4 is 22.1 Å². The van der Waals surface area contributed by atoms with Gasteiger partial charge in [-0.05, 0) is 107 Å². The highest BCUT2D eigenvalue weighted by Crippen LogP contribution is 2.61. The molecule has 3 aliphatic carbocycles. The molecule has 0 N–H and O–H groups in total. The van der Waals surface area contributed by atoms with E-state index in [1.807, 2.05) is 0 Å². The van der Waals surface area contributed by atoms with E-state index in [2.05, 4.69) is 120 Å². The fraction of sp³-hybridized carbons (Fsp3) is 0.243. The summed E-state index contributed by atoms with van der Waals surface area (Å²) in [6.07, 6.45) is 7.47. The minimum atomic E-state index is 0.255. The van der Waals surface area contributed by atoms with Crippen molar-refractivity contribution in [1.82, 2.24) is 0 Å². The predicted molar refractivity (Wildman–Crippen MR) is 159 cm³/mol. The lowest BCUT2D eigenvalue weighted by Crippen LogP contribution is -2.34. The van der Waals surface area contributed by atoms with Crippen molar-refractivity contribution in [2.24, 2.45) is 0 Å². The molecular weight excluding hydrogens is 458 g/mol. The molecule has 5 aromatic carbocycles. The van der Waals surface area contributed by atoms with Crippen LogP contribution < -0.4 is 4.90 Å². The van der Waals surface area contributed by atoms with Crippen molar-refractivity contribution in [2.75, 3.05) is 4.90 Å². The zero-order chi connectivity index (χ0) is 25.1. The number of hydrogen-bond acceptors (Lipinski definition) is 1. The summed E-state index contributed by atoms with van der Waals surface area (Å²) in [5, 5.41) is 3.05. The van der Waals surface area contributed by atoms with Crippen LogP contribution in [0, 0.1) is 0 Å². The molecule has 186 valence electrons. The third kappa shape index (κ3) is 3.31. The molecule has 38 heavy (non-hydrogen) atoms. The van der Waals surface area contributed by atoms with Gasteiger partial charge in [0, 0.05) is 22.8 Å². The monoisotopic (exact) mass is 491 g/mol. The zero-order valence-corrected chi connectivity index (χ0v) is 21.8. The van der Waals surface area contributed by atoms with Crippen LogP contribution >= 0.6 is 0 Å². The maximum atomic E-state index is 2.58. The van der Waals surface area contributed by atoms with Crippen LogP contribution in [0.15, 0.2) is 115 Å². The SMILES string of the molecule is c1ccc(N(c2ccccc2)C2CCC(c3ccc4c5c(cccc35)-c3ccccc3C43CC3)CC2)cc1. The fourth-order valence-corrected chi connectivity index (χ4v) is 7.75. The minimum absolute atomic E-state index is 0.255. The van der Waals surface area contributed by atoms with E-state index < -0.39 is 0 Å². The van der Waals surface area contributed by atoms with E-state index in [0.29, 0.717) is 12.0 Å². The van der Waals surface area contributed by atoms with Gasteiger partial charge in [-0.15, -0.1) is 0 Å². The van der Waals surface area contributed by atoms with Crippen LogP contribution in [0.4, 0.5) is 11.4 Å². The first-order valence-electron chi connectivity index (χ1n) is 14.4. The van der Waals surface area contributed by atoms with E-state index in [1.165, 1.54) is 66.4 Å². The number of anilines is 2. The maximum absolute atomic E-state index is 2.58. The van der Waals surface area contributed by atoms with Gasteiger partial charge in [0.15, 0.2) is 0 Å². The Morgan fingerprint density at radius 3 is 1.84 bits per heavy atom. The lowest BCUT2D eigenvalue weighted by atomic mass is 9.72. The first kappa shape index (κ1) is 22.2. The van der Waals surface area contributed by atoms with E-state index in [0.717, 1.165) is 0 Å². The highest BCUT2D eigenvalue weighted by molar-refractivity contribution is 6.05. The van der Waals surface area contributed by atoms with Crippen molar-refractivity contribution in [2.45, 2.75) is 55.9 Å². The van der Waals surface area contributed by atoms with E-state index in [4.69, 9.17) is 0 Å². The second-order valence-corrected chi connectivity index (χ2v) is 11.6. The molecule has 0 bridgehead atoms. The number of para-hydroxylation sites is 2. The summed E-state index contributed by atoms with van der Waals surface area (Å²) in [7, 11) is 0. The van der Waals surface area contributed by atoms with Crippen LogP contribution in [0.25, 0.3) is 21.9 Å². The Bertz CT molecular complexity index is 1580. The molecule has 1 heteroatoms. The smallest absolute Gasteiger partial charge is 0.0413 e. The molecule has 0 aliphatic heterocycles. The lowest BCUT2D eigenvalue weighted by molar-refractivity contribution is 0.393. The van der Waals surface area contributed by atoms with Crippen molar-refractivity contribution in [3.63, 3.8) is 0 Å². The Hall–Kier alpha value is -3.84. The van der Waals surface area contributed by atoms with Gasteiger partial charge in [0.2, 0.25) is 0 Å². The highest BCUT2D eigenvalue weighted by atomic mass is 15.2. The Labute approximate surface area is 225 Å². The van der Waals surface area contributed by atoms with Crippen LogP contribution in [0.2, 0.25) is 0 Å². The maximum Gasteiger partial charge on any atom is 0.0413 e. The normalized spacial score (nSPS) is 20.7. The van der Waals surface area contributed by atoms with Gasteiger partial charge in [-0.25, -0.2) is 0 Å². The van der Waals surface area contributed by atoms with Crippen LogP contribution in [-0.4, -0.2) is 6.04 Å². The van der Waals surface area contributed by atoms with Gasteiger partial charge >= 0.3 is 0 Å². The van der Waals surface area contributed by atoms with Crippen LogP contribution in [0.5, 0.6) is 0 Å². The van der Waals surface area contributed by atoms with Crippen molar-refractivity contribution in [1.29, 1.82) is 0 Å². The zero-order valence-electron chi connectivity index (χ0n) is 21.8. The average Bonchev–Trinajstić information content (AvgIpc) is 3.79. The molecule has 3 aliphatic rings. The fourth-order valence-electron chi connectivity index (χ4n) is 7.75. The summed E-state index contributed by atoms with van der Waals surface area (Å²) in [4.78, 5) is 2.58. The van der Waals surface area contributed by atoms with Gasteiger partial charge in [0.1, 0.15) is 0 Å². The Balaban J connectivity index is 1.15. The molecule has 5 aromatic rings. The van der Waals surface area contributed by atoms with Gasteiger partial charge in [-0.1, -0.05) is 91.0 Å². The third-order valence-corrected chi connectivity index (χ3v) is 9.64. The Kier molecular flexibility index (Phi) is 5.02. The van der Waals surface area contributed by atoms with E-state index in [1.54, 1.807) is 22.1 Å². The first-order valence-corrected chi connectivity index (χ1v) is 14.4. The highest BCUT2D eigenvalue weighted by Gasteiger charge is 2.50. The van der Waals surface area contributed by atoms with Crippen LogP contribution in [0.1, 0.15) is 61.1 Å². The van der Waals surface area contributed by atoms with Gasteiger partial charge in [-0.2, -0.15) is 0 Å². The van der Waals surface area contributed by atoms with Crippen LogP contribution in [-0.2, 0) is 5.41 Å². The second kappa shape index (κ2) is 8.60. The molecular formula is C37H33N. The van der Waals surface area contributed by atoms with Crippen LogP contribution in [0.3, 0.4) is 0 Å². The average molecular weight is 492 g/mol. The summed E-state index contributed by atoms with van der Waals surface area (Å²) in [6.45, 7) is 0. The summed E-state index contributed by atoms with van der Waals surface area (Å²) >= 11 is 0. The van der Waals surface area contributed by atoms with Gasteiger partial charge in [-0.3, -0.25) is 0 Å². The predicted octanol–water partition coefficient (Wildman–Crippen LogP) is 9.76. The molecule has 2 fully saturated rings. The van der Waals surface area contributed by atoms with E-state index in [-0.39, 0.29) is 5.41 Å². The molecule has 2 saturated carbocycles. The summed E-state index contributed by atoms with van der Waals surface area (Å²) in [5.74, 6) is 0.622. The van der Waals surface area contributed by atoms with E-state index >= 15 is 0 Å². The van der Waals surface area contributed by atoms with Gasteiger partial charge in [0.25, 0.3) is 0 Å². The molecule has 0 heterocycles. The van der Waals surface area contributed by atoms with Crippen molar-refractivity contribution in [3.8, 4) is 11.1 Å². The standard InChI is InChI=1S/C37H33N/c1-3-10-27(11-4-1)38(28-12-5-2-6-13-28)29-20-18-26(19-21-29)30-22-23-35-36-32(30)15-9-16-33(36)31-14-7-8-17-34(31)37(35)24-25-37/h1-17,22-23,26,29H,18-21,24-25H2. The Morgan fingerprint density at radius 1 is 0.526 bits per heavy atom. The number of rotatable bonds is 4. The topological polar surface area (TPSA) is 3.24 Å². The van der Waals surface area contributed by atoms with Gasteiger partial charge in [0.05, 0.1) is 0 Å². The minimum Gasteiger partial charge on any atom is -0.338 e. The number of fused-ring (bicyclic) bond motifs is 4. The molecule has 0 unspecified atom stereocenters. The molecule has 1 nitrogen and oxygen atoms in total. The second-order valence-electron chi connectivity index (χ2n) is 11.6. The number of benzene rings is 5. The summed E-state index contributed by atoms with van der Waals surface area (Å²) in [5.41, 5.74) is 10.5. The molecule has 8 rings (SSSR count). The first-order chi connectivity index (χ1) is 18.8. The molecule has 0 atom stereocenters. The van der Waals surface area contributed by atoms with Crippen molar-refractivity contribution in [3.05, 3.63) is 132 Å².